The van der Waals surface area contributed by atoms with Crippen molar-refractivity contribution in [2.45, 2.75) is 33.1 Å². The average molecular weight is 561 g/mol. The normalized spacial score (nSPS) is 13.9. The van der Waals surface area contributed by atoms with E-state index >= 15 is 0 Å². The number of hydrogen-bond donors (Lipinski definition) is 1. The Kier molecular flexibility index (Phi) is 7.42. The lowest BCUT2D eigenvalue weighted by Crippen LogP contribution is -2.27. The van der Waals surface area contributed by atoms with Gasteiger partial charge in [-0.15, -0.1) is 0 Å². The first-order valence-corrected chi connectivity index (χ1v) is 13.5. The largest absolute Gasteiger partial charge is 0.369 e. The quantitative estimate of drug-likeness (QED) is 0.267. The van der Waals surface area contributed by atoms with Gasteiger partial charge < -0.3 is 14.6 Å². The molecule has 1 fully saturated rings. The van der Waals surface area contributed by atoms with E-state index in [9.17, 15) is 9.18 Å². The standard InChI is InChI=1S/C30H30BrFN4O/c1-3-20(2)24-9-5-4-8-21(24)12-13-33-30(37)22-16-28(35-14-6-7-15-35)29-34-27(19-36(29)18-22)25-11-10-23(31)17-26(25)32/h3-5,8-11,16-19H,6-7,12-15H2,1-2H3,(H,33,37)/b20-3-. The Morgan fingerprint density at radius 3 is 2.68 bits per heavy atom. The minimum absolute atomic E-state index is 0.132. The number of nitrogens with one attached hydrogen (secondary N) is 1. The summed E-state index contributed by atoms with van der Waals surface area (Å²) >= 11 is 3.32. The zero-order valence-electron chi connectivity index (χ0n) is 21.1. The van der Waals surface area contributed by atoms with Crippen molar-refractivity contribution in [2.75, 3.05) is 24.5 Å². The van der Waals surface area contributed by atoms with Crippen LogP contribution in [0.5, 0.6) is 0 Å². The van der Waals surface area contributed by atoms with Crippen molar-refractivity contribution in [3.8, 4) is 11.3 Å². The summed E-state index contributed by atoms with van der Waals surface area (Å²) in [6, 6.07) is 15.2. The predicted molar refractivity (Wildman–Crippen MR) is 152 cm³/mol. The lowest BCUT2D eigenvalue weighted by molar-refractivity contribution is 0.0953. The Balaban J connectivity index is 1.43. The molecule has 2 aromatic heterocycles. The van der Waals surface area contributed by atoms with Gasteiger partial charge in [0.1, 0.15) is 5.82 Å². The number of imidazole rings is 1. The van der Waals surface area contributed by atoms with Crippen LogP contribution in [-0.4, -0.2) is 34.9 Å². The van der Waals surface area contributed by atoms with Gasteiger partial charge in [-0.3, -0.25) is 4.79 Å². The number of benzene rings is 2. The van der Waals surface area contributed by atoms with Crippen molar-refractivity contribution in [3.63, 3.8) is 0 Å². The third kappa shape index (κ3) is 5.32. The summed E-state index contributed by atoms with van der Waals surface area (Å²) in [5, 5.41) is 3.09. The van der Waals surface area contributed by atoms with Gasteiger partial charge in [0.25, 0.3) is 5.91 Å². The van der Waals surface area contributed by atoms with Gasteiger partial charge >= 0.3 is 0 Å². The number of hydrogen-bond acceptors (Lipinski definition) is 3. The maximum atomic E-state index is 14.7. The summed E-state index contributed by atoms with van der Waals surface area (Å²) in [5.74, 6) is -0.473. The molecule has 0 unspecified atom stereocenters. The van der Waals surface area contributed by atoms with E-state index in [-0.39, 0.29) is 11.7 Å². The highest BCUT2D eigenvalue weighted by Crippen LogP contribution is 2.31. The van der Waals surface area contributed by atoms with Crippen LogP contribution in [-0.2, 0) is 6.42 Å². The molecule has 3 heterocycles. The molecule has 0 bridgehead atoms. The number of pyridine rings is 1. The summed E-state index contributed by atoms with van der Waals surface area (Å²) < 4.78 is 17.2. The van der Waals surface area contributed by atoms with Crippen molar-refractivity contribution in [1.29, 1.82) is 0 Å². The van der Waals surface area contributed by atoms with Gasteiger partial charge in [0, 0.05) is 42.1 Å². The molecule has 1 saturated heterocycles. The fourth-order valence-corrected chi connectivity index (χ4v) is 5.25. The van der Waals surface area contributed by atoms with Crippen LogP contribution in [0.15, 0.2) is 71.5 Å². The number of carbonyl (C=O) groups excluding carboxylic acids is 1. The molecule has 1 amide bonds. The molecule has 7 heteroatoms. The molecular weight excluding hydrogens is 531 g/mol. The van der Waals surface area contributed by atoms with E-state index in [1.165, 1.54) is 22.8 Å². The Morgan fingerprint density at radius 1 is 1.14 bits per heavy atom. The Morgan fingerprint density at radius 2 is 1.92 bits per heavy atom. The van der Waals surface area contributed by atoms with Crippen LogP contribution in [0.1, 0.15) is 48.2 Å². The number of fused-ring (bicyclic) bond motifs is 1. The van der Waals surface area contributed by atoms with E-state index in [0.29, 0.717) is 27.8 Å². The van der Waals surface area contributed by atoms with Gasteiger partial charge in [0.05, 0.1) is 16.9 Å². The van der Waals surface area contributed by atoms with E-state index < -0.39 is 0 Å². The van der Waals surface area contributed by atoms with Crippen LogP contribution in [0.3, 0.4) is 0 Å². The molecule has 5 rings (SSSR count). The van der Waals surface area contributed by atoms with E-state index in [4.69, 9.17) is 4.98 Å². The molecule has 5 nitrogen and oxygen atoms in total. The highest BCUT2D eigenvalue weighted by Gasteiger charge is 2.21. The number of nitrogens with zero attached hydrogens (tertiary/aromatic N) is 3. The van der Waals surface area contributed by atoms with E-state index in [2.05, 4.69) is 51.3 Å². The van der Waals surface area contributed by atoms with Crippen molar-refractivity contribution < 1.29 is 9.18 Å². The summed E-state index contributed by atoms with van der Waals surface area (Å²) in [6.45, 7) is 6.50. The van der Waals surface area contributed by atoms with Crippen molar-refractivity contribution in [1.82, 2.24) is 14.7 Å². The SMILES string of the molecule is C/C=C(/C)c1ccccc1CCNC(=O)c1cc(N2CCCC2)c2nc(-c3ccc(Br)cc3F)cn2c1. The summed E-state index contributed by atoms with van der Waals surface area (Å²) in [7, 11) is 0. The number of rotatable bonds is 7. The van der Waals surface area contributed by atoms with Gasteiger partial charge in [-0.25, -0.2) is 9.37 Å². The fraction of sp³-hybridized carbons (Fsp3) is 0.267. The van der Waals surface area contributed by atoms with Crippen molar-refractivity contribution in [3.05, 3.63) is 94.0 Å². The Bertz CT molecular complexity index is 1490. The number of allylic oxidation sites excluding steroid dienone is 2. The molecule has 4 aromatic rings. The molecule has 0 saturated carbocycles. The van der Waals surface area contributed by atoms with Crippen LogP contribution < -0.4 is 10.2 Å². The average Bonchev–Trinajstić information content (AvgIpc) is 3.58. The van der Waals surface area contributed by atoms with Gasteiger partial charge in [0.15, 0.2) is 5.65 Å². The predicted octanol–water partition coefficient (Wildman–Crippen LogP) is 6.90. The van der Waals surface area contributed by atoms with Crippen LogP contribution in [0.25, 0.3) is 22.5 Å². The molecule has 0 aliphatic carbocycles. The molecule has 1 aliphatic rings. The first kappa shape index (κ1) is 25.2. The third-order valence-corrected chi connectivity index (χ3v) is 7.50. The van der Waals surface area contributed by atoms with Gasteiger partial charge in [-0.2, -0.15) is 0 Å². The van der Waals surface area contributed by atoms with Crippen LogP contribution in [0.4, 0.5) is 10.1 Å². The molecule has 1 N–H and O–H groups in total. The van der Waals surface area contributed by atoms with Gasteiger partial charge in [0.2, 0.25) is 0 Å². The number of amides is 1. The molecule has 0 spiro atoms. The first-order chi connectivity index (χ1) is 17.9. The Hall–Kier alpha value is -3.45. The summed E-state index contributed by atoms with van der Waals surface area (Å²) in [4.78, 5) is 20.3. The first-order valence-electron chi connectivity index (χ1n) is 12.7. The second-order valence-corrected chi connectivity index (χ2v) is 10.3. The highest BCUT2D eigenvalue weighted by atomic mass is 79.9. The monoisotopic (exact) mass is 560 g/mol. The molecule has 190 valence electrons. The van der Waals surface area contributed by atoms with Crippen molar-refractivity contribution in [2.24, 2.45) is 0 Å². The summed E-state index contributed by atoms with van der Waals surface area (Å²) in [6.07, 6.45) is 8.63. The van der Waals surface area contributed by atoms with Gasteiger partial charge in [-0.05, 0) is 74.1 Å². The molecule has 37 heavy (non-hydrogen) atoms. The fourth-order valence-electron chi connectivity index (χ4n) is 4.91. The molecule has 2 aromatic carbocycles. The minimum atomic E-state index is -0.341. The lowest BCUT2D eigenvalue weighted by Gasteiger charge is -2.19. The maximum Gasteiger partial charge on any atom is 0.252 e. The molecular formula is C30H30BrFN4O. The molecule has 1 aliphatic heterocycles. The second kappa shape index (κ2) is 10.9. The number of halogens is 2. The zero-order valence-corrected chi connectivity index (χ0v) is 22.7. The zero-order chi connectivity index (χ0) is 25.9. The smallest absolute Gasteiger partial charge is 0.252 e. The van der Waals surface area contributed by atoms with Gasteiger partial charge in [-0.1, -0.05) is 46.3 Å². The van der Waals surface area contributed by atoms with Crippen molar-refractivity contribution >= 4 is 38.7 Å². The minimum Gasteiger partial charge on any atom is -0.369 e. The maximum absolute atomic E-state index is 14.7. The third-order valence-electron chi connectivity index (χ3n) is 7.00. The van der Waals surface area contributed by atoms with Crippen LogP contribution in [0, 0.1) is 5.82 Å². The number of anilines is 1. The second-order valence-electron chi connectivity index (χ2n) is 9.42. The topological polar surface area (TPSA) is 49.6 Å². The van der Waals surface area contributed by atoms with E-state index in [1.54, 1.807) is 24.5 Å². The molecule has 0 atom stereocenters. The number of aromatic nitrogens is 2. The van der Waals surface area contributed by atoms with Crippen LogP contribution >= 0.6 is 15.9 Å². The molecule has 0 radical (unpaired) electrons. The summed E-state index contributed by atoms with van der Waals surface area (Å²) in [5.41, 5.74) is 6.81. The lowest BCUT2D eigenvalue weighted by atomic mass is 9.98. The van der Waals surface area contributed by atoms with Crippen LogP contribution in [0.2, 0.25) is 0 Å². The van der Waals surface area contributed by atoms with E-state index in [0.717, 1.165) is 43.7 Å². The Labute approximate surface area is 225 Å². The highest BCUT2D eigenvalue weighted by molar-refractivity contribution is 9.10. The number of carbonyl (C=O) groups is 1. The van der Waals surface area contributed by atoms with E-state index in [1.807, 2.05) is 29.5 Å².